The van der Waals surface area contributed by atoms with Crippen LogP contribution in [0.25, 0.3) is 0 Å². The molecular weight excluding hydrogens is 292 g/mol. The minimum absolute atomic E-state index is 0.0513. The van der Waals surface area contributed by atoms with E-state index in [2.05, 4.69) is 4.98 Å². The van der Waals surface area contributed by atoms with Crippen molar-refractivity contribution in [3.8, 4) is 0 Å². The number of ether oxygens (including phenoxy) is 2. The Morgan fingerprint density at radius 1 is 1.48 bits per heavy atom. The van der Waals surface area contributed by atoms with Crippen molar-refractivity contribution < 1.29 is 14.3 Å². The fourth-order valence-corrected chi connectivity index (χ4v) is 3.40. The van der Waals surface area contributed by atoms with E-state index < -0.39 is 0 Å². The maximum absolute atomic E-state index is 12.0. The van der Waals surface area contributed by atoms with Crippen LogP contribution in [-0.2, 0) is 20.9 Å². The molecule has 1 spiro atoms. The van der Waals surface area contributed by atoms with E-state index in [1.165, 1.54) is 0 Å². The van der Waals surface area contributed by atoms with Crippen molar-refractivity contribution in [1.82, 2.24) is 9.88 Å². The minimum Gasteiger partial charge on any atom is -0.372 e. The predicted octanol–water partition coefficient (Wildman–Crippen LogP) is 2.32. The van der Waals surface area contributed by atoms with Crippen molar-refractivity contribution >= 4 is 5.91 Å². The molecule has 3 rings (SSSR count). The summed E-state index contributed by atoms with van der Waals surface area (Å²) >= 11 is 0. The number of amides is 1. The summed E-state index contributed by atoms with van der Waals surface area (Å²) in [5.41, 5.74) is 1.79. The molecule has 5 nitrogen and oxygen atoms in total. The van der Waals surface area contributed by atoms with Gasteiger partial charge in [-0.15, -0.1) is 0 Å². The lowest BCUT2D eigenvalue weighted by Gasteiger charge is -2.53. The average molecular weight is 318 g/mol. The first-order valence-electron chi connectivity index (χ1n) is 8.44. The van der Waals surface area contributed by atoms with Gasteiger partial charge in [-0.3, -0.25) is 9.78 Å². The molecular formula is C18H26N2O3. The van der Waals surface area contributed by atoms with Crippen LogP contribution in [0.5, 0.6) is 0 Å². The van der Waals surface area contributed by atoms with E-state index in [1.807, 2.05) is 43.9 Å². The van der Waals surface area contributed by atoms with Gasteiger partial charge in [-0.2, -0.15) is 0 Å². The fourth-order valence-electron chi connectivity index (χ4n) is 3.40. The van der Waals surface area contributed by atoms with E-state index in [9.17, 15) is 4.79 Å². The minimum atomic E-state index is -0.187. The highest BCUT2D eigenvalue weighted by molar-refractivity contribution is 5.79. The second-order valence-electron chi connectivity index (χ2n) is 7.08. The van der Waals surface area contributed by atoms with Gasteiger partial charge >= 0.3 is 0 Å². The van der Waals surface area contributed by atoms with E-state index in [0.717, 1.165) is 24.2 Å². The lowest BCUT2D eigenvalue weighted by Crippen LogP contribution is -2.67. The Morgan fingerprint density at radius 3 is 2.96 bits per heavy atom. The summed E-state index contributed by atoms with van der Waals surface area (Å²) in [6.45, 7) is 8.51. The number of carbonyl (C=O) groups is 1. The van der Waals surface area contributed by atoms with Crippen LogP contribution in [0.3, 0.4) is 0 Å². The largest absolute Gasteiger partial charge is 0.372 e. The number of hydrogen-bond donors (Lipinski definition) is 0. The zero-order valence-electron chi connectivity index (χ0n) is 14.2. The number of nitrogens with zero attached hydrogens (tertiary/aromatic N) is 2. The summed E-state index contributed by atoms with van der Waals surface area (Å²) in [4.78, 5) is 18.4. The first kappa shape index (κ1) is 16.4. The lowest BCUT2D eigenvalue weighted by molar-refractivity contribution is -0.204. The Balaban J connectivity index is 1.51. The highest BCUT2D eigenvalue weighted by atomic mass is 16.5. The molecule has 0 radical (unpaired) electrons. The number of pyridine rings is 1. The average Bonchev–Trinajstić information content (AvgIpc) is 2.50. The van der Waals surface area contributed by atoms with Crippen LogP contribution >= 0.6 is 0 Å². The number of aryl methyl sites for hydroxylation is 1. The molecule has 1 atom stereocenters. The van der Waals surface area contributed by atoms with Gasteiger partial charge < -0.3 is 14.4 Å². The van der Waals surface area contributed by atoms with Crippen LogP contribution in [0.1, 0.15) is 38.1 Å². The van der Waals surface area contributed by atoms with E-state index in [4.69, 9.17) is 9.47 Å². The van der Waals surface area contributed by atoms with E-state index in [0.29, 0.717) is 26.3 Å². The van der Waals surface area contributed by atoms with Crippen LogP contribution in [0.2, 0.25) is 0 Å². The molecule has 5 heteroatoms. The number of carbonyl (C=O) groups excluding carboxylic acids is 1. The highest BCUT2D eigenvalue weighted by Gasteiger charge is 2.49. The molecule has 126 valence electrons. The molecule has 2 aliphatic rings. The molecule has 1 aromatic heterocycles. The summed E-state index contributed by atoms with van der Waals surface area (Å²) in [6, 6.07) is 5.99. The van der Waals surface area contributed by atoms with Crippen LogP contribution in [0.15, 0.2) is 18.2 Å². The van der Waals surface area contributed by atoms with Crippen molar-refractivity contribution in [2.24, 2.45) is 5.92 Å². The molecule has 1 amide bonds. The molecule has 3 heterocycles. The van der Waals surface area contributed by atoms with Gasteiger partial charge in [-0.25, -0.2) is 0 Å². The van der Waals surface area contributed by atoms with E-state index in [1.54, 1.807) is 0 Å². The number of rotatable bonds is 4. The van der Waals surface area contributed by atoms with Gasteiger partial charge in [-0.1, -0.05) is 19.9 Å². The zero-order valence-corrected chi connectivity index (χ0v) is 14.2. The zero-order chi connectivity index (χ0) is 16.4. The first-order valence-corrected chi connectivity index (χ1v) is 8.44. The summed E-state index contributed by atoms with van der Waals surface area (Å²) in [7, 11) is 0. The Morgan fingerprint density at radius 2 is 2.26 bits per heavy atom. The van der Waals surface area contributed by atoms with Crippen molar-refractivity contribution in [1.29, 1.82) is 0 Å². The summed E-state index contributed by atoms with van der Waals surface area (Å²) < 4.78 is 12.0. The predicted molar refractivity (Wildman–Crippen MR) is 86.9 cm³/mol. The lowest BCUT2D eigenvalue weighted by atomic mass is 9.84. The first-order chi connectivity index (χ1) is 11.0. The van der Waals surface area contributed by atoms with Crippen molar-refractivity contribution in [3.05, 3.63) is 29.6 Å². The van der Waals surface area contributed by atoms with Gasteiger partial charge in [0.2, 0.25) is 5.91 Å². The van der Waals surface area contributed by atoms with E-state index >= 15 is 0 Å². The smallest absolute Gasteiger partial charge is 0.225 e. The molecule has 0 bridgehead atoms. The number of aromatic nitrogens is 1. The molecule has 1 aromatic rings. The van der Waals surface area contributed by atoms with Crippen molar-refractivity contribution in [2.45, 2.75) is 51.9 Å². The fraction of sp³-hybridized carbons (Fsp3) is 0.667. The molecule has 0 aromatic carbocycles. The normalized spacial score (nSPS) is 23.1. The van der Waals surface area contributed by atoms with Gasteiger partial charge in [0.15, 0.2) is 0 Å². The second kappa shape index (κ2) is 6.57. The topological polar surface area (TPSA) is 51.7 Å². The third kappa shape index (κ3) is 3.72. The van der Waals surface area contributed by atoms with Crippen LogP contribution in [-0.4, -0.2) is 47.2 Å². The monoisotopic (exact) mass is 318 g/mol. The van der Waals surface area contributed by atoms with Gasteiger partial charge in [-0.05, 0) is 25.5 Å². The third-order valence-corrected chi connectivity index (χ3v) is 4.62. The van der Waals surface area contributed by atoms with Gasteiger partial charge in [0.05, 0.1) is 31.5 Å². The van der Waals surface area contributed by atoms with Crippen LogP contribution in [0, 0.1) is 12.8 Å². The molecule has 0 saturated carbocycles. The molecule has 2 aliphatic heterocycles. The van der Waals surface area contributed by atoms with Gasteiger partial charge in [0, 0.05) is 24.6 Å². The van der Waals surface area contributed by atoms with Gasteiger partial charge in [0.25, 0.3) is 0 Å². The molecule has 0 N–H and O–H groups in total. The Bertz CT molecular complexity index is 567. The number of hydrogen-bond acceptors (Lipinski definition) is 4. The maximum Gasteiger partial charge on any atom is 0.225 e. The summed E-state index contributed by atoms with van der Waals surface area (Å²) in [5, 5.41) is 0. The molecule has 0 aliphatic carbocycles. The Hall–Kier alpha value is -1.46. The Labute approximate surface area is 138 Å². The standard InChI is InChI=1S/C18H26N2O3/c1-13(2)17(21)20-11-18(12-20)9-16(7-8-23-18)22-10-15-6-4-5-14(3)19-15/h4-6,13,16H,7-12H2,1-3H3/t16-/m1/s1. The molecule has 0 unspecified atom stereocenters. The summed E-state index contributed by atoms with van der Waals surface area (Å²) in [6.07, 6.45) is 1.95. The van der Waals surface area contributed by atoms with E-state index in [-0.39, 0.29) is 23.5 Å². The van der Waals surface area contributed by atoms with Crippen molar-refractivity contribution in [3.63, 3.8) is 0 Å². The van der Waals surface area contributed by atoms with Crippen molar-refractivity contribution in [2.75, 3.05) is 19.7 Å². The Kier molecular flexibility index (Phi) is 4.69. The number of likely N-dealkylation sites (tertiary alicyclic amines) is 1. The van der Waals surface area contributed by atoms with Crippen LogP contribution in [0.4, 0.5) is 0 Å². The quantitative estimate of drug-likeness (QED) is 0.855. The molecule has 23 heavy (non-hydrogen) atoms. The maximum atomic E-state index is 12.0. The SMILES string of the molecule is Cc1cccc(CO[C@@H]2CCOC3(C2)CN(C(=O)C(C)C)C3)n1. The van der Waals surface area contributed by atoms with Gasteiger partial charge in [0.1, 0.15) is 5.60 Å². The third-order valence-electron chi connectivity index (χ3n) is 4.62. The highest BCUT2D eigenvalue weighted by Crippen LogP contribution is 2.36. The second-order valence-corrected chi connectivity index (χ2v) is 7.08. The van der Waals surface area contributed by atoms with Crippen LogP contribution < -0.4 is 0 Å². The molecule has 2 fully saturated rings. The summed E-state index contributed by atoms with van der Waals surface area (Å²) in [5.74, 6) is 0.265. The molecule has 2 saturated heterocycles.